The van der Waals surface area contributed by atoms with E-state index in [1.165, 1.54) is 0 Å². The average molecular weight is 301 g/mol. The number of nitrogens with one attached hydrogen (secondary N) is 1. The molecule has 1 aromatic carbocycles. The maximum atomic E-state index is 11.8. The van der Waals surface area contributed by atoms with Crippen LogP contribution in [0.15, 0.2) is 23.4 Å². The van der Waals surface area contributed by atoms with Crippen molar-refractivity contribution in [1.29, 1.82) is 0 Å². The summed E-state index contributed by atoms with van der Waals surface area (Å²) in [4.78, 5) is 11.7. The highest BCUT2D eigenvalue weighted by molar-refractivity contribution is 5.99. The van der Waals surface area contributed by atoms with Gasteiger partial charge in [-0.05, 0) is 18.6 Å². The number of hydrogen-bond acceptors (Lipinski definition) is 4. The van der Waals surface area contributed by atoms with Crippen molar-refractivity contribution < 1.29 is 23.5 Å². The molecular formula is C13H17F2N3O3. The predicted molar refractivity (Wildman–Crippen MR) is 73.8 cm³/mol. The number of nitrogens with two attached hydrogens (primary N) is 1. The van der Waals surface area contributed by atoms with Crippen LogP contribution in [0, 0.1) is 6.92 Å². The number of amides is 1. The van der Waals surface area contributed by atoms with Crippen LogP contribution in [0.4, 0.5) is 14.5 Å². The summed E-state index contributed by atoms with van der Waals surface area (Å²) in [7, 11) is 0. The largest absolute Gasteiger partial charge is 0.409 e. The Morgan fingerprint density at radius 3 is 2.86 bits per heavy atom. The van der Waals surface area contributed by atoms with E-state index in [0.29, 0.717) is 11.3 Å². The fraction of sp³-hybridized carbons (Fsp3) is 0.385. The van der Waals surface area contributed by atoms with Crippen LogP contribution in [0.5, 0.6) is 0 Å². The zero-order valence-electron chi connectivity index (χ0n) is 11.5. The zero-order chi connectivity index (χ0) is 15.8. The van der Waals surface area contributed by atoms with Gasteiger partial charge in [-0.15, -0.1) is 0 Å². The van der Waals surface area contributed by atoms with Gasteiger partial charge in [0, 0.05) is 11.3 Å². The minimum absolute atomic E-state index is 0.0417. The zero-order valence-corrected chi connectivity index (χ0v) is 11.5. The second-order valence-corrected chi connectivity index (χ2v) is 4.28. The van der Waals surface area contributed by atoms with Crippen molar-refractivity contribution in [3.8, 4) is 0 Å². The SMILES string of the molecule is Cc1ccc(/C(N)=N/O)cc1NC(=O)CCOCC(F)F. The average Bonchev–Trinajstić information content (AvgIpc) is 2.45. The lowest BCUT2D eigenvalue weighted by Gasteiger charge is -2.10. The molecule has 0 aromatic heterocycles. The molecule has 1 amide bonds. The Balaban J connectivity index is 2.59. The van der Waals surface area contributed by atoms with Gasteiger partial charge < -0.3 is 21.0 Å². The first-order chi connectivity index (χ1) is 9.93. The van der Waals surface area contributed by atoms with Crippen molar-refractivity contribution in [3.63, 3.8) is 0 Å². The molecule has 0 radical (unpaired) electrons. The van der Waals surface area contributed by atoms with Crippen molar-refractivity contribution in [2.24, 2.45) is 10.9 Å². The van der Waals surface area contributed by atoms with E-state index in [2.05, 4.69) is 15.2 Å². The summed E-state index contributed by atoms with van der Waals surface area (Å²) in [5, 5.41) is 14.1. The van der Waals surface area contributed by atoms with E-state index in [0.717, 1.165) is 5.56 Å². The first-order valence-electron chi connectivity index (χ1n) is 6.18. The molecule has 8 heteroatoms. The fourth-order valence-corrected chi connectivity index (χ4v) is 1.52. The van der Waals surface area contributed by atoms with E-state index in [-0.39, 0.29) is 24.8 Å². The third-order valence-electron chi connectivity index (χ3n) is 2.63. The molecule has 116 valence electrons. The molecule has 0 fully saturated rings. The Kier molecular flexibility index (Phi) is 6.54. The first-order valence-corrected chi connectivity index (χ1v) is 6.18. The number of rotatable bonds is 7. The summed E-state index contributed by atoms with van der Waals surface area (Å²) in [5.41, 5.74) is 7.20. The minimum atomic E-state index is -2.55. The van der Waals surface area contributed by atoms with Crippen LogP contribution in [-0.2, 0) is 9.53 Å². The number of nitrogens with zero attached hydrogens (tertiary/aromatic N) is 1. The maximum Gasteiger partial charge on any atom is 0.261 e. The van der Waals surface area contributed by atoms with Gasteiger partial charge in [-0.2, -0.15) is 0 Å². The highest BCUT2D eigenvalue weighted by Crippen LogP contribution is 2.17. The molecule has 0 spiro atoms. The van der Waals surface area contributed by atoms with E-state index in [9.17, 15) is 13.6 Å². The van der Waals surface area contributed by atoms with Gasteiger partial charge in [-0.1, -0.05) is 17.3 Å². The number of benzene rings is 1. The number of carbonyl (C=O) groups excluding carboxylic acids is 1. The molecule has 1 rings (SSSR count). The van der Waals surface area contributed by atoms with E-state index in [1.54, 1.807) is 25.1 Å². The smallest absolute Gasteiger partial charge is 0.261 e. The third kappa shape index (κ3) is 5.74. The molecular weight excluding hydrogens is 284 g/mol. The number of ether oxygens (including phenoxy) is 1. The minimum Gasteiger partial charge on any atom is -0.409 e. The number of anilines is 1. The molecule has 0 saturated carbocycles. The third-order valence-corrected chi connectivity index (χ3v) is 2.63. The molecule has 0 aliphatic carbocycles. The molecule has 0 heterocycles. The van der Waals surface area contributed by atoms with Gasteiger partial charge in [-0.25, -0.2) is 8.78 Å². The number of aryl methyl sites for hydroxylation is 1. The molecule has 6 nitrogen and oxygen atoms in total. The Morgan fingerprint density at radius 1 is 1.52 bits per heavy atom. The van der Waals surface area contributed by atoms with Crippen LogP contribution in [0.3, 0.4) is 0 Å². The highest BCUT2D eigenvalue weighted by Gasteiger charge is 2.09. The fourth-order valence-electron chi connectivity index (χ4n) is 1.52. The van der Waals surface area contributed by atoms with Crippen molar-refractivity contribution >= 4 is 17.4 Å². The topological polar surface area (TPSA) is 96.9 Å². The van der Waals surface area contributed by atoms with Crippen molar-refractivity contribution in [2.75, 3.05) is 18.5 Å². The van der Waals surface area contributed by atoms with Gasteiger partial charge >= 0.3 is 0 Å². The number of carbonyl (C=O) groups is 1. The van der Waals surface area contributed by atoms with Gasteiger partial charge in [0.15, 0.2) is 5.84 Å². The predicted octanol–water partition coefficient (Wildman–Crippen LogP) is 1.70. The molecule has 4 N–H and O–H groups in total. The summed E-state index contributed by atoms with van der Waals surface area (Å²) in [6.45, 7) is 0.999. The monoisotopic (exact) mass is 301 g/mol. The van der Waals surface area contributed by atoms with E-state index in [4.69, 9.17) is 10.9 Å². The van der Waals surface area contributed by atoms with Gasteiger partial charge in [0.05, 0.1) is 13.0 Å². The molecule has 0 atom stereocenters. The van der Waals surface area contributed by atoms with Gasteiger partial charge in [0.25, 0.3) is 6.43 Å². The van der Waals surface area contributed by atoms with E-state index >= 15 is 0 Å². The Hall–Kier alpha value is -2.22. The Bertz CT molecular complexity index is 521. The number of halogens is 2. The number of amidine groups is 1. The normalized spacial score (nSPS) is 11.7. The van der Waals surface area contributed by atoms with Crippen LogP contribution in [0.1, 0.15) is 17.5 Å². The molecule has 0 aliphatic heterocycles. The molecule has 1 aromatic rings. The van der Waals surface area contributed by atoms with Crippen molar-refractivity contribution in [2.45, 2.75) is 19.8 Å². The standard InChI is InChI=1S/C13H17F2N3O3/c1-8-2-3-9(13(16)18-20)6-10(8)17-12(19)4-5-21-7-11(14)15/h2-3,6,11,20H,4-5,7H2,1H3,(H2,16,18)(H,17,19). The first kappa shape index (κ1) is 16.8. The molecule has 0 bridgehead atoms. The lowest BCUT2D eigenvalue weighted by atomic mass is 10.1. The lowest BCUT2D eigenvalue weighted by molar-refractivity contribution is -0.117. The second kappa shape index (κ2) is 8.15. The van der Waals surface area contributed by atoms with Gasteiger partial charge in [0.1, 0.15) is 6.61 Å². The van der Waals surface area contributed by atoms with E-state index < -0.39 is 13.0 Å². The summed E-state index contributed by atoms with van der Waals surface area (Å²) in [6, 6.07) is 4.91. The second-order valence-electron chi connectivity index (χ2n) is 4.28. The number of oxime groups is 1. The number of alkyl halides is 2. The quantitative estimate of drug-likeness (QED) is 0.235. The van der Waals surface area contributed by atoms with Gasteiger partial charge in [0.2, 0.25) is 5.91 Å². The molecule has 0 saturated heterocycles. The van der Waals surface area contributed by atoms with Crippen LogP contribution in [0.2, 0.25) is 0 Å². The van der Waals surface area contributed by atoms with Crippen molar-refractivity contribution in [3.05, 3.63) is 29.3 Å². The molecule has 21 heavy (non-hydrogen) atoms. The summed E-state index contributed by atoms with van der Waals surface area (Å²) in [5.74, 6) is -0.449. The Labute approximate surface area is 120 Å². The summed E-state index contributed by atoms with van der Waals surface area (Å²) >= 11 is 0. The summed E-state index contributed by atoms with van der Waals surface area (Å²) < 4.78 is 28.3. The molecule has 0 unspecified atom stereocenters. The van der Waals surface area contributed by atoms with Gasteiger partial charge in [-0.3, -0.25) is 4.79 Å². The van der Waals surface area contributed by atoms with Crippen LogP contribution < -0.4 is 11.1 Å². The molecule has 0 aliphatic rings. The van der Waals surface area contributed by atoms with Crippen LogP contribution in [-0.4, -0.2) is 36.6 Å². The lowest BCUT2D eigenvalue weighted by Crippen LogP contribution is -2.18. The Morgan fingerprint density at radius 2 is 2.24 bits per heavy atom. The number of hydrogen-bond donors (Lipinski definition) is 3. The highest BCUT2D eigenvalue weighted by atomic mass is 19.3. The van der Waals surface area contributed by atoms with Crippen LogP contribution >= 0.6 is 0 Å². The van der Waals surface area contributed by atoms with Crippen LogP contribution in [0.25, 0.3) is 0 Å². The summed E-state index contributed by atoms with van der Waals surface area (Å²) in [6.07, 6.45) is -2.59. The van der Waals surface area contributed by atoms with Crippen molar-refractivity contribution in [1.82, 2.24) is 0 Å². The van der Waals surface area contributed by atoms with E-state index in [1.807, 2.05) is 0 Å². The maximum absolute atomic E-state index is 11.8.